The zero-order chi connectivity index (χ0) is 28.8. The summed E-state index contributed by atoms with van der Waals surface area (Å²) in [5, 5.41) is 0. The monoisotopic (exact) mass is 585 g/mol. The Morgan fingerprint density at radius 2 is 1.38 bits per heavy atom. The lowest BCUT2D eigenvalue weighted by molar-refractivity contribution is -0.141. The van der Waals surface area contributed by atoms with Crippen LogP contribution in [0, 0.1) is 0 Å². The van der Waals surface area contributed by atoms with Crippen LogP contribution in [0.1, 0.15) is 32.0 Å². The normalized spacial score (nSPS) is 13.1. The van der Waals surface area contributed by atoms with Crippen molar-refractivity contribution in [1.82, 2.24) is 14.7 Å². The van der Waals surface area contributed by atoms with E-state index in [0.717, 1.165) is 35.6 Å². The molecule has 0 saturated heterocycles. The van der Waals surface area contributed by atoms with Gasteiger partial charge in [0.25, 0.3) is 10.0 Å². The van der Waals surface area contributed by atoms with Gasteiger partial charge in [-0.15, -0.1) is 11.3 Å². The van der Waals surface area contributed by atoms with Gasteiger partial charge in [-0.25, -0.2) is 23.1 Å². The van der Waals surface area contributed by atoms with Crippen LogP contribution < -0.4 is 4.72 Å². The molecule has 2 aromatic heterocycles. The third-order valence-electron chi connectivity index (χ3n) is 5.22. The number of hydrogen-bond acceptors (Lipinski definition) is 5. The number of halogens is 6. The molecule has 2 aromatic carbocycles. The van der Waals surface area contributed by atoms with Crippen molar-refractivity contribution in [3.05, 3.63) is 78.0 Å². The van der Waals surface area contributed by atoms with E-state index in [1.165, 1.54) is 18.2 Å². The van der Waals surface area contributed by atoms with Crippen molar-refractivity contribution in [2.75, 3.05) is 0 Å². The molecule has 206 valence electrons. The Morgan fingerprint density at radius 1 is 0.744 bits per heavy atom. The molecule has 39 heavy (non-hydrogen) atoms. The van der Waals surface area contributed by atoms with Crippen molar-refractivity contribution in [2.24, 2.45) is 0 Å². The molecule has 4 rings (SSSR count). The maximum Gasteiger partial charge on any atom is 0.433 e. The number of aromatic nitrogens is 2. The van der Waals surface area contributed by atoms with Crippen molar-refractivity contribution in [2.45, 2.75) is 42.9 Å². The molecular formula is C26H21F6N3O2S2. The second-order valence-corrected chi connectivity index (χ2v) is 12.6. The molecule has 2 heterocycles. The highest BCUT2D eigenvalue weighted by atomic mass is 32.2. The van der Waals surface area contributed by atoms with Crippen molar-refractivity contribution >= 4 is 21.4 Å². The van der Waals surface area contributed by atoms with Crippen LogP contribution in [-0.4, -0.2) is 23.9 Å². The summed E-state index contributed by atoms with van der Waals surface area (Å²) >= 11 is 0.985. The topological polar surface area (TPSA) is 72.0 Å². The third kappa shape index (κ3) is 6.84. The summed E-state index contributed by atoms with van der Waals surface area (Å²) < 4.78 is 108. The minimum Gasteiger partial charge on any atom is -0.228 e. The van der Waals surface area contributed by atoms with Crippen LogP contribution in [0.4, 0.5) is 26.3 Å². The first kappa shape index (κ1) is 28.7. The zero-order valence-electron chi connectivity index (χ0n) is 20.6. The number of thiophene rings is 1. The molecule has 0 radical (unpaired) electrons. The maximum absolute atomic E-state index is 13.7. The molecule has 0 aliphatic rings. The molecule has 1 N–H and O–H groups in total. The van der Waals surface area contributed by atoms with E-state index in [9.17, 15) is 34.8 Å². The van der Waals surface area contributed by atoms with Crippen molar-refractivity contribution in [1.29, 1.82) is 0 Å². The van der Waals surface area contributed by atoms with Crippen LogP contribution in [0.2, 0.25) is 0 Å². The lowest BCUT2D eigenvalue weighted by Crippen LogP contribution is -2.40. The fourth-order valence-corrected chi connectivity index (χ4v) is 6.30. The molecule has 13 heteroatoms. The van der Waals surface area contributed by atoms with E-state index in [1.54, 1.807) is 39.0 Å². The predicted molar refractivity (Wildman–Crippen MR) is 136 cm³/mol. The fourth-order valence-electron chi connectivity index (χ4n) is 3.58. The largest absolute Gasteiger partial charge is 0.433 e. The highest BCUT2D eigenvalue weighted by molar-refractivity contribution is 7.91. The molecule has 0 atom stereocenters. The molecule has 0 bridgehead atoms. The highest BCUT2D eigenvalue weighted by Crippen LogP contribution is 2.36. The van der Waals surface area contributed by atoms with Gasteiger partial charge in [0.1, 0.15) is 9.90 Å². The Kier molecular flexibility index (Phi) is 7.38. The minimum atomic E-state index is -4.84. The molecule has 0 amide bonds. The van der Waals surface area contributed by atoms with Crippen LogP contribution in [0.5, 0.6) is 0 Å². The van der Waals surface area contributed by atoms with Gasteiger partial charge in [-0.05, 0) is 62.7 Å². The maximum atomic E-state index is 13.7. The third-order valence-corrected chi connectivity index (χ3v) is 8.60. The lowest BCUT2D eigenvalue weighted by Gasteiger charge is -2.19. The Morgan fingerprint density at radius 3 is 1.97 bits per heavy atom. The second kappa shape index (κ2) is 10.0. The Bertz CT molecular complexity index is 1600. The van der Waals surface area contributed by atoms with E-state index in [-0.39, 0.29) is 26.9 Å². The molecular weight excluding hydrogens is 564 g/mol. The van der Waals surface area contributed by atoms with E-state index in [4.69, 9.17) is 0 Å². The van der Waals surface area contributed by atoms with Crippen LogP contribution in [0.3, 0.4) is 0 Å². The number of benzene rings is 2. The van der Waals surface area contributed by atoms with Gasteiger partial charge in [-0.3, -0.25) is 0 Å². The standard InChI is InChI=1S/C26H21F6N3O2S2/c1-24(2,3)35-39(36,37)22-12-11-20(38-22)16-5-4-6-17(13-16)23-33-19(14-21(34-23)26(30,31)32)15-7-9-18(10-8-15)25(27,28)29/h4-14,35H,1-3H3. The van der Waals surface area contributed by atoms with Crippen molar-refractivity contribution < 1.29 is 34.8 Å². The lowest BCUT2D eigenvalue weighted by atomic mass is 10.1. The van der Waals surface area contributed by atoms with E-state index in [2.05, 4.69) is 14.7 Å². The number of nitrogens with zero attached hydrogens (tertiary/aromatic N) is 2. The van der Waals surface area contributed by atoms with Gasteiger partial charge in [0.15, 0.2) is 5.82 Å². The summed E-state index contributed by atoms with van der Waals surface area (Å²) in [6.45, 7) is 5.11. The summed E-state index contributed by atoms with van der Waals surface area (Å²) in [7, 11) is -3.79. The number of sulfonamides is 1. The van der Waals surface area contributed by atoms with Gasteiger partial charge in [0.2, 0.25) is 0 Å². The fraction of sp³-hybridized carbons (Fsp3) is 0.231. The highest BCUT2D eigenvalue weighted by Gasteiger charge is 2.34. The molecule has 0 aliphatic heterocycles. The molecule has 0 fully saturated rings. The van der Waals surface area contributed by atoms with Gasteiger partial charge in [-0.2, -0.15) is 26.3 Å². The van der Waals surface area contributed by atoms with Gasteiger partial charge in [0, 0.05) is 21.5 Å². The van der Waals surface area contributed by atoms with Crippen LogP contribution >= 0.6 is 11.3 Å². The number of nitrogens with one attached hydrogen (secondary N) is 1. The van der Waals surface area contributed by atoms with Crippen molar-refractivity contribution in [3.8, 4) is 33.1 Å². The average molecular weight is 586 g/mol. The van der Waals surface area contributed by atoms with Gasteiger partial charge in [0.05, 0.1) is 11.3 Å². The van der Waals surface area contributed by atoms with Crippen LogP contribution in [0.25, 0.3) is 33.1 Å². The number of alkyl halides is 6. The van der Waals surface area contributed by atoms with Gasteiger partial charge >= 0.3 is 12.4 Å². The number of rotatable bonds is 5. The molecule has 0 saturated carbocycles. The summed E-state index contributed by atoms with van der Waals surface area (Å²) in [5.41, 5.74) is -2.33. The first-order valence-corrected chi connectivity index (χ1v) is 13.6. The first-order valence-electron chi connectivity index (χ1n) is 11.3. The number of hydrogen-bond donors (Lipinski definition) is 1. The smallest absolute Gasteiger partial charge is 0.228 e. The molecule has 0 spiro atoms. The second-order valence-electron chi connectivity index (χ2n) is 9.59. The molecule has 4 aromatic rings. The summed E-state index contributed by atoms with van der Waals surface area (Å²) in [6.07, 6.45) is -9.44. The quantitative estimate of drug-likeness (QED) is 0.244. The molecule has 5 nitrogen and oxygen atoms in total. The summed E-state index contributed by atoms with van der Waals surface area (Å²) in [6, 6.07) is 13.5. The summed E-state index contributed by atoms with van der Waals surface area (Å²) in [4.78, 5) is 8.40. The zero-order valence-corrected chi connectivity index (χ0v) is 22.3. The molecule has 0 aliphatic carbocycles. The van der Waals surface area contributed by atoms with E-state index in [1.807, 2.05) is 0 Å². The first-order chi connectivity index (χ1) is 17.9. The Hall–Kier alpha value is -3.29. The molecule has 0 unspecified atom stereocenters. The predicted octanol–water partition coefficient (Wildman–Crippen LogP) is 7.65. The average Bonchev–Trinajstić information content (AvgIpc) is 3.33. The van der Waals surface area contributed by atoms with Gasteiger partial charge < -0.3 is 0 Å². The van der Waals surface area contributed by atoms with Crippen LogP contribution in [-0.2, 0) is 22.4 Å². The van der Waals surface area contributed by atoms with E-state index < -0.39 is 39.2 Å². The van der Waals surface area contributed by atoms with Crippen LogP contribution in [0.15, 0.2) is 70.9 Å². The Balaban J connectivity index is 1.75. The van der Waals surface area contributed by atoms with E-state index >= 15 is 0 Å². The van der Waals surface area contributed by atoms with Crippen molar-refractivity contribution in [3.63, 3.8) is 0 Å². The Labute approximate surface area is 224 Å². The minimum absolute atomic E-state index is 0.0489. The van der Waals surface area contributed by atoms with E-state index in [0.29, 0.717) is 16.5 Å². The van der Waals surface area contributed by atoms with Gasteiger partial charge in [-0.1, -0.05) is 30.3 Å². The summed E-state index contributed by atoms with van der Waals surface area (Å²) in [5.74, 6) is -0.291. The SMILES string of the molecule is CC(C)(C)NS(=O)(=O)c1ccc(-c2cccc(-c3nc(-c4ccc(C(F)(F)F)cc4)cc(C(F)(F)F)n3)c2)s1.